The highest BCUT2D eigenvalue weighted by atomic mass is 16.6. The predicted octanol–water partition coefficient (Wildman–Crippen LogP) is 5.52. The van der Waals surface area contributed by atoms with Crippen LogP contribution < -0.4 is 0 Å². The lowest BCUT2D eigenvalue weighted by Gasteiger charge is -1.96. The highest BCUT2D eigenvalue weighted by molar-refractivity contribution is 5.68. The quantitative estimate of drug-likeness (QED) is 0.182. The number of esters is 1. The zero-order valence-electron chi connectivity index (χ0n) is 15.4. The molecule has 0 aromatic heterocycles. The summed E-state index contributed by atoms with van der Waals surface area (Å²) < 4.78 is 10.2. The molecule has 0 bridgehead atoms. The second-order valence-corrected chi connectivity index (χ2v) is 6.30. The van der Waals surface area contributed by atoms with Gasteiger partial charge in [0.2, 0.25) is 0 Å². The Balaban J connectivity index is 1.92. The molecule has 0 N–H and O–H groups in total. The smallest absolute Gasteiger partial charge is 0.305 e. The van der Waals surface area contributed by atoms with Crippen molar-refractivity contribution in [2.45, 2.75) is 83.3 Å². The largest absolute Gasteiger partial charge is 0.469 e. The number of allylic oxidation sites excluding steroid dienone is 5. The first-order valence-corrected chi connectivity index (χ1v) is 9.45. The maximum absolute atomic E-state index is 11.0. The van der Waals surface area contributed by atoms with Crippen molar-refractivity contribution < 1.29 is 14.3 Å². The molecule has 1 rings (SSSR count). The molecule has 0 amide bonds. The van der Waals surface area contributed by atoms with Crippen LogP contribution in [0.1, 0.15) is 71.1 Å². The molecule has 3 nitrogen and oxygen atoms in total. The minimum Gasteiger partial charge on any atom is -0.469 e. The molecule has 1 saturated heterocycles. The number of rotatable bonds is 14. The minimum atomic E-state index is -0.130. The zero-order valence-corrected chi connectivity index (χ0v) is 15.4. The van der Waals surface area contributed by atoms with Gasteiger partial charge in [-0.1, -0.05) is 56.2 Å². The predicted molar refractivity (Wildman–Crippen MR) is 99.9 cm³/mol. The van der Waals surface area contributed by atoms with E-state index in [-0.39, 0.29) is 5.97 Å². The van der Waals surface area contributed by atoms with E-state index >= 15 is 0 Å². The van der Waals surface area contributed by atoms with Crippen LogP contribution in [0.5, 0.6) is 0 Å². The third-order valence-electron chi connectivity index (χ3n) is 4.17. The standard InChI is InChI=1S/C21H34O3/c1-3-4-5-6-7-8-9-10-11-12-13-14-16-19-20(24-19)17-15-18-21(22)23-2/h7-8,10-11,13-14,19-20H,3-6,9,12,15-18H2,1-2H3/b8-7+,11-10+,14-13-/t19-,20+/m0/s1. The number of hydrogen-bond donors (Lipinski definition) is 0. The molecule has 0 radical (unpaired) electrons. The Morgan fingerprint density at radius 2 is 1.67 bits per heavy atom. The Morgan fingerprint density at radius 1 is 0.958 bits per heavy atom. The van der Waals surface area contributed by atoms with Gasteiger partial charge in [0.1, 0.15) is 0 Å². The fraction of sp³-hybridized carbons (Fsp3) is 0.667. The lowest BCUT2D eigenvalue weighted by atomic mass is 10.1. The van der Waals surface area contributed by atoms with Crippen molar-refractivity contribution in [3.63, 3.8) is 0 Å². The summed E-state index contributed by atoms with van der Waals surface area (Å²) in [5.41, 5.74) is 0. The molecule has 1 aliphatic heterocycles. The summed E-state index contributed by atoms with van der Waals surface area (Å²) in [6.07, 6.45) is 24.6. The summed E-state index contributed by atoms with van der Waals surface area (Å²) in [4.78, 5) is 11.0. The van der Waals surface area contributed by atoms with Crippen molar-refractivity contribution in [3.8, 4) is 0 Å². The fourth-order valence-electron chi connectivity index (χ4n) is 2.59. The molecule has 0 unspecified atom stereocenters. The minimum absolute atomic E-state index is 0.130. The van der Waals surface area contributed by atoms with Crippen molar-refractivity contribution in [2.75, 3.05) is 7.11 Å². The molecule has 136 valence electrons. The average Bonchev–Trinajstić information content (AvgIpc) is 3.34. The zero-order chi connectivity index (χ0) is 17.5. The van der Waals surface area contributed by atoms with Gasteiger partial charge in [-0.15, -0.1) is 0 Å². The van der Waals surface area contributed by atoms with Crippen LogP contribution in [0.15, 0.2) is 36.5 Å². The van der Waals surface area contributed by atoms with Gasteiger partial charge >= 0.3 is 5.97 Å². The van der Waals surface area contributed by atoms with Crippen LogP contribution in [0.25, 0.3) is 0 Å². The number of methoxy groups -OCH3 is 1. The van der Waals surface area contributed by atoms with E-state index in [4.69, 9.17) is 4.74 Å². The van der Waals surface area contributed by atoms with E-state index in [0.29, 0.717) is 18.6 Å². The maximum Gasteiger partial charge on any atom is 0.305 e. The molecule has 1 fully saturated rings. The normalized spacial score (nSPS) is 20.4. The summed E-state index contributed by atoms with van der Waals surface area (Å²) in [6.45, 7) is 2.24. The highest BCUT2D eigenvalue weighted by Crippen LogP contribution is 2.30. The van der Waals surface area contributed by atoms with E-state index in [1.54, 1.807) is 0 Å². The molecule has 1 aliphatic rings. The van der Waals surface area contributed by atoms with E-state index in [2.05, 4.69) is 48.1 Å². The van der Waals surface area contributed by atoms with Crippen LogP contribution in [-0.4, -0.2) is 25.3 Å². The van der Waals surface area contributed by atoms with E-state index in [1.807, 2.05) is 0 Å². The molecular formula is C21H34O3. The van der Waals surface area contributed by atoms with Crippen molar-refractivity contribution in [2.24, 2.45) is 0 Å². The van der Waals surface area contributed by atoms with Crippen LogP contribution in [0.4, 0.5) is 0 Å². The lowest BCUT2D eigenvalue weighted by molar-refractivity contribution is -0.140. The number of epoxide rings is 1. The van der Waals surface area contributed by atoms with Crippen molar-refractivity contribution in [1.82, 2.24) is 0 Å². The third-order valence-corrected chi connectivity index (χ3v) is 4.17. The van der Waals surface area contributed by atoms with Gasteiger partial charge in [0, 0.05) is 6.42 Å². The number of carbonyl (C=O) groups excluding carboxylic acids is 1. The van der Waals surface area contributed by atoms with E-state index in [1.165, 1.54) is 32.8 Å². The lowest BCUT2D eigenvalue weighted by Crippen LogP contribution is -2.01. The number of carbonyl (C=O) groups is 1. The highest BCUT2D eigenvalue weighted by Gasteiger charge is 2.36. The topological polar surface area (TPSA) is 38.8 Å². The van der Waals surface area contributed by atoms with Crippen LogP contribution >= 0.6 is 0 Å². The molecule has 0 saturated carbocycles. The SMILES string of the molecule is CCCCC/C=C/C/C=C/C/C=C\C[C@@H]1O[C@@H]1CCCC(=O)OC. The third kappa shape index (κ3) is 11.2. The van der Waals surface area contributed by atoms with E-state index < -0.39 is 0 Å². The molecule has 0 spiro atoms. The second-order valence-electron chi connectivity index (χ2n) is 6.30. The summed E-state index contributed by atoms with van der Waals surface area (Å²) in [7, 11) is 1.43. The van der Waals surface area contributed by atoms with Crippen molar-refractivity contribution in [3.05, 3.63) is 36.5 Å². The fourth-order valence-corrected chi connectivity index (χ4v) is 2.59. The van der Waals surface area contributed by atoms with Gasteiger partial charge in [-0.05, 0) is 44.9 Å². The Labute approximate surface area is 147 Å². The number of unbranched alkanes of at least 4 members (excludes halogenated alkanes) is 3. The first kappa shape index (κ1) is 20.7. The van der Waals surface area contributed by atoms with Gasteiger partial charge in [-0.25, -0.2) is 0 Å². The Kier molecular flexibility index (Phi) is 12.1. The molecule has 0 aliphatic carbocycles. The second kappa shape index (κ2) is 14.0. The van der Waals surface area contributed by atoms with Gasteiger partial charge in [-0.2, -0.15) is 0 Å². The van der Waals surface area contributed by atoms with Gasteiger partial charge in [0.05, 0.1) is 19.3 Å². The summed E-state index contributed by atoms with van der Waals surface area (Å²) in [5, 5.41) is 0. The first-order chi connectivity index (χ1) is 11.8. The van der Waals surface area contributed by atoms with Crippen LogP contribution in [0, 0.1) is 0 Å². The maximum atomic E-state index is 11.0. The number of ether oxygens (including phenoxy) is 2. The Bertz CT molecular complexity index is 409. The molecule has 0 aromatic rings. The van der Waals surface area contributed by atoms with Gasteiger partial charge in [-0.3, -0.25) is 4.79 Å². The van der Waals surface area contributed by atoms with Crippen molar-refractivity contribution in [1.29, 1.82) is 0 Å². The van der Waals surface area contributed by atoms with E-state index in [9.17, 15) is 4.79 Å². The Hall–Kier alpha value is -1.35. The Morgan fingerprint density at radius 3 is 2.38 bits per heavy atom. The molecule has 2 atom stereocenters. The summed E-state index contributed by atoms with van der Waals surface area (Å²) >= 11 is 0. The van der Waals surface area contributed by atoms with E-state index in [0.717, 1.165) is 32.1 Å². The first-order valence-electron chi connectivity index (χ1n) is 9.45. The summed E-state index contributed by atoms with van der Waals surface area (Å²) in [6, 6.07) is 0. The monoisotopic (exact) mass is 334 g/mol. The van der Waals surface area contributed by atoms with Gasteiger partial charge < -0.3 is 9.47 Å². The van der Waals surface area contributed by atoms with Gasteiger partial charge in [0.25, 0.3) is 0 Å². The summed E-state index contributed by atoms with van der Waals surface area (Å²) in [5.74, 6) is -0.130. The number of hydrogen-bond acceptors (Lipinski definition) is 3. The average molecular weight is 335 g/mol. The van der Waals surface area contributed by atoms with Gasteiger partial charge in [0.15, 0.2) is 0 Å². The molecular weight excluding hydrogens is 300 g/mol. The van der Waals surface area contributed by atoms with Crippen LogP contribution in [0.3, 0.4) is 0 Å². The van der Waals surface area contributed by atoms with Crippen LogP contribution in [0.2, 0.25) is 0 Å². The van der Waals surface area contributed by atoms with Crippen molar-refractivity contribution >= 4 is 5.97 Å². The molecule has 3 heteroatoms. The van der Waals surface area contributed by atoms with Crippen LogP contribution in [-0.2, 0) is 14.3 Å². The molecule has 0 aromatic carbocycles. The molecule has 24 heavy (non-hydrogen) atoms. The molecule has 1 heterocycles.